The SMILES string of the molecule is O=C(Cc1ccc(Cl)c(Cl)c1)Nc1cncc2cnccc12. The van der Waals surface area contributed by atoms with Crippen LogP contribution in [0.2, 0.25) is 10.0 Å². The maximum Gasteiger partial charge on any atom is 0.228 e. The van der Waals surface area contributed by atoms with Crippen LogP contribution >= 0.6 is 23.2 Å². The van der Waals surface area contributed by atoms with Gasteiger partial charge in [0.25, 0.3) is 0 Å². The van der Waals surface area contributed by atoms with Crippen molar-refractivity contribution in [2.24, 2.45) is 0 Å². The van der Waals surface area contributed by atoms with Crippen LogP contribution in [0.4, 0.5) is 5.69 Å². The Bertz CT molecular complexity index is 846. The maximum atomic E-state index is 12.2. The molecule has 2 heterocycles. The molecular weight excluding hydrogens is 321 g/mol. The van der Waals surface area contributed by atoms with Gasteiger partial charge in [0.1, 0.15) is 0 Å². The Morgan fingerprint density at radius 3 is 2.68 bits per heavy atom. The number of rotatable bonds is 3. The van der Waals surface area contributed by atoms with Crippen LogP contribution in [-0.4, -0.2) is 15.9 Å². The van der Waals surface area contributed by atoms with E-state index in [9.17, 15) is 4.79 Å². The number of carbonyl (C=O) groups excluding carboxylic acids is 1. The zero-order valence-corrected chi connectivity index (χ0v) is 12.9. The van der Waals surface area contributed by atoms with Crippen LogP contribution in [0, 0.1) is 0 Å². The number of amides is 1. The lowest BCUT2D eigenvalue weighted by atomic mass is 10.1. The number of benzene rings is 1. The van der Waals surface area contributed by atoms with Crippen LogP contribution in [-0.2, 0) is 11.2 Å². The third-order valence-electron chi connectivity index (χ3n) is 3.18. The van der Waals surface area contributed by atoms with E-state index in [-0.39, 0.29) is 12.3 Å². The van der Waals surface area contributed by atoms with Crippen molar-refractivity contribution < 1.29 is 4.79 Å². The number of nitrogens with one attached hydrogen (secondary N) is 1. The molecule has 0 aliphatic carbocycles. The Morgan fingerprint density at radius 1 is 1.05 bits per heavy atom. The predicted octanol–water partition coefficient (Wildman–Crippen LogP) is 4.12. The zero-order valence-electron chi connectivity index (χ0n) is 11.4. The highest BCUT2D eigenvalue weighted by atomic mass is 35.5. The first-order valence-corrected chi connectivity index (χ1v) is 7.30. The number of aromatic nitrogens is 2. The molecule has 0 atom stereocenters. The molecule has 6 heteroatoms. The second kappa shape index (κ2) is 6.30. The standard InChI is InChI=1S/C16H11Cl2N3O/c17-13-2-1-10(5-14(13)18)6-16(22)21-15-9-20-8-11-7-19-4-3-12(11)15/h1-5,7-9H,6H2,(H,21,22). The molecular formula is C16H11Cl2N3O. The number of hydrogen-bond donors (Lipinski definition) is 1. The Morgan fingerprint density at radius 2 is 1.86 bits per heavy atom. The summed E-state index contributed by atoms with van der Waals surface area (Å²) in [6, 6.07) is 6.98. The lowest BCUT2D eigenvalue weighted by Crippen LogP contribution is -2.14. The van der Waals surface area contributed by atoms with Crippen molar-refractivity contribution in [1.29, 1.82) is 0 Å². The van der Waals surface area contributed by atoms with Gasteiger partial charge in [-0.15, -0.1) is 0 Å². The summed E-state index contributed by atoms with van der Waals surface area (Å²) >= 11 is 11.8. The first-order valence-electron chi connectivity index (χ1n) is 6.55. The summed E-state index contributed by atoms with van der Waals surface area (Å²) in [7, 11) is 0. The summed E-state index contributed by atoms with van der Waals surface area (Å²) in [5.74, 6) is -0.149. The van der Waals surface area contributed by atoms with Gasteiger partial charge in [-0.2, -0.15) is 0 Å². The summed E-state index contributed by atoms with van der Waals surface area (Å²) in [6.07, 6.45) is 6.91. The second-order valence-corrected chi connectivity index (χ2v) is 5.57. The number of halogens is 2. The molecule has 22 heavy (non-hydrogen) atoms. The van der Waals surface area contributed by atoms with Crippen LogP contribution in [0.5, 0.6) is 0 Å². The van der Waals surface area contributed by atoms with Gasteiger partial charge in [-0.3, -0.25) is 14.8 Å². The third kappa shape index (κ3) is 3.18. The molecule has 110 valence electrons. The summed E-state index contributed by atoms with van der Waals surface area (Å²) in [6.45, 7) is 0. The third-order valence-corrected chi connectivity index (χ3v) is 3.92. The molecule has 1 N–H and O–H groups in total. The molecule has 0 radical (unpaired) electrons. The van der Waals surface area contributed by atoms with Crippen molar-refractivity contribution in [3.63, 3.8) is 0 Å². The highest BCUT2D eigenvalue weighted by Crippen LogP contribution is 2.24. The average molecular weight is 332 g/mol. The van der Waals surface area contributed by atoms with Crippen LogP contribution in [0.1, 0.15) is 5.56 Å². The second-order valence-electron chi connectivity index (χ2n) is 4.76. The largest absolute Gasteiger partial charge is 0.324 e. The predicted molar refractivity (Wildman–Crippen MR) is 88.3 cm³/mol. The molecule has 2 aromatic heterocycles. The number of hydrogen-bond acceptors (Lipinski definition) is 3. The monoisotopic (exact) mass is 331 g/mol. The van der Waals surface area contributed by atoms with Crippen molar-refractivity contribution in [1.82, 2.24) is 9.97 Å². The lowest BCUT2D eigenvalue weighted by molar-refractivity contribution is -0.115. The summed E-state index contributed by atoms with van der Waals surface area (Å²) in [4.78, 5) is 20.3. The van der Waals surface area contributed by atoms with Crippen molar-refractivity contribution >= 4 is 45.6 Å². The maximum absolute atomic E-state index is 12.2. The minimum Gasteiger partial charge on any atom is -0.324 e. The van der Waals surface area contributed by atoms with Gasteiger partial charge in [0.15, 0.2) is 0 Å². The van der Waals surface area contributed by atoms with Gasteiger partial charge in [-0.05, 0) is 23.8 Å². The van der Waals surface area contributed by atoms with Crippen LogP contribution in [0.25, 0.3) is 10.8 Å². The quantitative estimate of drug-likeness (QED) is 0.785. The van der Waals surface area contributed by atoms with Crippen molar-refractivity contribution in [2.75, 3.05) is 5.32 Å². The number of anilines is 1. The molecule has 0 fully saturated rings. The molecule has 0 saturated carbocycles. The van der Waals surface area contributed by atoms with Gasteiger partial charge in [0.05, 0.1) is 28.4 Å². The Hall–Kier alpha value is -2.17. The Balaban J connectivity index is 1.80. The highest BCUT2D eigenvalue weighted by molar-refractivity contribution is 6.42. The molecule has 0 aliphatic heterocycles. The van der Waals surface area contributed by atoms with Gasteiger partial charge in [-0.25, -0.2) is 0 Å². The number of carbonyl (C=O) groups is 1. The summed E-state index contributed by atoms with van der Waals surface area (Å²) < 4.78 is 0. The fourth-order valence-electron chi connectivity index (χ4n) is 2.15. The molecule has 0 aliphatic rings. The van der Waals surface area contributed by atoms with E-state index in [1.165, 1.54) is 0 Å². The van der Waals surface area contributed by atoms with Gasteiger partial charge in [0.2, 0.25) is 5.91 Å². The van der Waals surface area contributed by atoms with Crippen LogP contribution < -0.4 is 5.32 Å². The Kier molecular flexibility index (Phi) is 4.22. The van der Waals surface area contributed by atoms with Crippen molar-refractivity contribution in [2.45, 2.75) is 6.42 Å². The van der Waals surface area contributed by atoms with E-state index in [1.54, 1.807) is 43.0 Å². The molecule has 0 unspecified atom stereocenters. The molecule has 0 saturated heterocycles. The smallest absolute Gasteiger partial charge is 0.228 e. The van der Waals surface area contributed by atoms with Gasteiger partial charge >= 0.3 is 0 Å². The molecule has 3 rings (SSSR count). The zero-order chi connectivity index (χ0) is 15.5. The van der Waals surface area contributed by atoms with E-state index in [4.69, 9.17) is 23.2 Å². The van der Waals surface area contributed by atoms with E-state index in [1.807, 2.05) is 6.07 Å². The minimum atomic E-state index is -0.149. The number of fused-ring (bicyclic) bond motifs is 1. The topological polar surface area (TPSA) is 54.9 Å². The fraction of sp³-hybridized carbons (Fsp3) is 0.0625. The van der Waals surface area contributed by atoms with E-state index in [0.717, 1.165) is 16.3 Å². The van der Waals surface area contributed by atoms with Crippen molar-refractivity contribution in [3.8, 4) is 0 Å². The molecule has 4 nitrogen and oxygen atoms in total. The van der Waals surface area contributed by atoms with E-state index < -0.39 is 0 Å². The minimum absolute atomic E-state index is 0.149. The first-order chi connectivity index (χ1) is 10.6. The number of pyridine rings is 2. The van der Waals surface area contributed by atoms with E-state index in [2.05, 4.69) is 15.3 Å². The lowest BCUT2D eigenvalue weighted by Gasteiger charge is -2.08. The Labute approximate surface area is 137 Å². The molecule has 0 spiro atoms. The van der Waals surface area contributed by atoms with Crippen LogP contribution in [0.3, 0.4) is 0 Å². The van der Waals surface area contributed by atoms with E-state index in [0.29, 0.717) is 15.7 Å². The van der Waals surface area contributed by atoms with Crippen molar-refractivity contribution in [3.05, 3.63) is 64.7 Å². The molecule has 0 bridgehead atoms. The molecule has 3 aromatic rings. The van der Waals surface area contributed by atoms with E-state index >= 15 is 0 Å². The fourth-order valence-corrected chi connectivity index (χ4v) is 2.47. The number of nitrogens with zero attached hydrogens (tertiary/aromatic N) is 2. The van der Waals surface area contributed by atoms with Gasteiger partial charge in [-0.1, -0.05) is 29.3 Å². The van der Waals surface area contributed by atoms with Gasteiger partial charge < -0.3 is 5.32 Å². The highest BCUT2D eigenvalue weighted by Gasteiger charge is 2.08. The normalized spacial score (nSPS) is 10.6. The molecule has 1 amide bonds. The van der Waals surface area contributed by atoms with Crippen LogP contribution in [0.15, 0.2) is 49.1 Å². The summed E-state index contributed by atoms with van der Waals surface area (Å²) in [5.41, 5.74) is 1.45. The summed E-state index contributed by atoms with van der Waals surface area (Å²) in [5, 5.41) is 5.53. The first kappa shape index (κ1) is 14.8. The molecule has 1 aromatic carbocycles. The average Bonchev–Trinajstić information content (AvgIpc) is 2.51. The van der Waals surface area contributed by atoms with Gasteiger partial charge in [0, 0.05) is 29.4 Å².